The average Bonchev–Trinajstić information content (AvgIpc) is 3.75. The molecule has 12 aromatic rings. The van der Waals surface area contributed by atoms with Crippen LogP contribution in [0.25, 0.3) is 83.3 Å². The highest BCUT2D eigenvalue weighted by Crippen LogP contribution is 2.51. The largest absolute Gasteiger partial charge is 0.457 e. The third-order valence-electron chi connectivity index (χ3n) is 15.7. The second-order valence-corrected chi connectivity index (χ2v) is 23.1. The second-order valence-electron chi connectivity index (χ2n) is 23.1. The molecular weight excluding hydrogens is 973 g/mol. The molecule has 0 unspecified atom stereocenters. The summed E-state index contributed by atoms with van der Waals surface area (Å²) >= 11 is 0. The molecule has 0 radical (unpaired) electrons. The van der Waals surface area contributed by atoms with Crippen LogP contribution in [0.5, 0.6) is 11.5 Å². The molecule has 1 aliphatic heterocycles. The summed E-state index contributed by atoms with van der Waals surface area (Å²) in [6.45, 7) is 11.7. The number of hydrogen-bond acceptors (Lipinski definition) is 4. The van der Waals surface area contributed by atoms with Crippen LogP contribution >= 0.6 is 0 Å². The lowest BCUT2D eigenvalue weighted by Crippen LogP contribution is -2.25. The number of fused-ring (bicyclic) bond motifs is 4. The number of anilines is 4. The van der Waals surface area contributed by atoms with Crippen molar-refractivity contribution in [1.29, 1.82) is 0 Å². The number of aryl methyl sites for hydroxylation is 1. The Kier molecular flexibility index (Phi) is 11.7. The number of para-hydroxylation sites is 3. The Bertz CT molecular complexity index is 4380. The van der Waals surface area contributed by atoms with Crippen molar-refractivity contribution in [3.8, 4) is 73.0 Å². The predicted octanol–water partition coefficient (Wildman–Crippen LogP) is 20.5. The zero-order valence-corrected chi connectivity index (χ0v) is 46.1. The first-order valence-electron chi connectivity index (χ1n) is 29.1. The summed E-state index contributed by atoms with van der Waals surface area (Å²) in [7, 11) is 0. The summed E-state index contributed by atoms with van der Waals surface area (Å²) < 4.78 is 35.4. The minimum absolute atomic E-state index is 0.0142. The molecule has 13 rings (SSSR count). The van der Waals surface area contributed by atoms with Crippen LogP contribution in [0.4, 0.5) is 22.7 Å². The van der Waals surface area contributed by atoms with Crippen LogP contribution in [0.2, 0.25) is 0 Å². The Morgan fingerprint density at radius 3 is 1.66 bits per heavy atom. The number of rotatable bonds is 10. The molecule has 0 saturated carbocycles. The van der Waals surface area contributed by atoms with Crippen molar-refractivity contribution in [3.05, 3.63) is 266 Å². The Morgan fingerprint density at radius 1 is 0.412 bits per heavy atom. The Balaban J connectivity index is 0.934. The molecule has 0 atom stereocenters. The maximum atomic E-state index is 8.75. The number of hydrogen-bond donors (Lipinski definition) is 0. The van der Waals surface area contributed by atoms with E-state index in [9.17, 15) is 0 Å². The van der Waals surface area contributed by atoms with Gasteiger partial charge >= 0.3 is 0 Å². The highest BCUT2D eigenvalue weighted by molar-refractivity contribution is 6.11. The van der Waals surface area contributed by atoms with Gasteiger partial charge in [-0.1, -0.05) is 211 Å². The van der Waals surface area contributed by atoms with E-state index in [0.29, 0.717) is 29.5 Å². The van der Waals surface area contributed by atoms with Crippen LogP contribution in [-0.4, -0.2) is 16.2 Å². The summed E-state index contributed by atoms with van der Waals surface area (Å²) in [6.07, 6.45) is 1.70. The molecule has 3 heterocycles. The van der Waals surface area contributed by atoms with E-state index in [1.165, 1.54) is 16.7 Å². The van der Waals surface area contributed by atoms with Gasteiger partial charge in [-0.25, -0.2) is 4.98 Å². The van der Waals surface area contributed by atoms with Crippen LogP contribution in [0.3, 0.4) is 0 Å². The van der Waals surface area contributed by atoms with Crippen molar-refractivity contribution in [2.45, 2.75) is 59.2 Å². The summed E-state index contributed by atoms with van der Waals surface area (Å²) in [5, 5.41) is 2.01. The molecule has 0 N–H and O–H groups in total. The molecule has 390 valence electrons. The van der Waals surface area contributed by atoms with Gasteiger partial charge in [-0.2, -0.15) is 0 Å². The zero-order valence-electron chi connectivity index (χ0n) is 49.1. The predicted molar refractivity (Wildman–Crippen MR) is 336 cm³/mol. The minimum Gasteiger partial charge on any atom is -0.457 e. The summed E-state index contributed by atoms with van der Waals surface area (Å²) in [5.41, 5.74) is 19.0. The molecule has 0 saturated heterocycles. The van der Waals surface area contributed by atoms with Gasteiger partial charge in [-0.3, -0.25) is 4.57 Å². The van der Waals surface area contributed by atoms with Gasteiger partial charge in [-0.05, 0) is 134 Å². The van der Waals surface area contributed by atoms with Gasteiger partial charge < -0.3 is 14.5 Å². The molecule has 5 heteroatoms. The summed E-state index contributed by atoms with van der Waals surface area (Å²) in [4.78, 5) is 9.95. The first kappa shape index (κ1) is 46.6. The fourth-order valence-corrected chi connectivity index (χ4v) is 11.5. The average molecular weight is 1040 g/mol. The molecular formula is C75H64N4O. The smallest absolute Gasteiger partial charge is 0.137 e. The minimum atomic E-state index is -2.41. The van der Waals surface area contributed by atoms with E-state index in [-0.39, 0.29) is 16.4 Å². The van der Waals surface area contributed by atoms with Gasteiger partial charge in [0.25, 0.3) is 0 Å². The standard InChI is InChI=1S/C75H64N4O/c1-50-41-72(76-48-67(50)53-25-15-10-16-26-53)79-68-40-35-56(52-23-13-9-14-24-52)43-66(68)65-39-38-61(47-71(65)79)80-62-45-59(75(5,6)7)44-60(46-62)77-49-78(70-32-18-17-31-69(70)77)73-63(54-33-36-58(37-34-54)74(2,3)4)29-20-30-64(73)57-28-19-27-55(42-57)51-21-11-8-12-22-51/h8-48H,49H2,1-7H3/i1D3. The Labute approximate surface area is 474 Å². The highest BCUT2D eigenvalue weighted by Gasteiger charge is 2.33. The molecule has 0 amide bonds. The quantitative estimate of drug-likeness (QED) is 0.137. The lowest BCUT2D eigenvalue weighted by atomic mass is 9.85. The molecule has 5 nitrogen and oxygen atoms in total. The number of ether oxygens (including phenoxy) is 1. The van der Waals surface area contributed by atoms with E-state index in [2.05, 4.69) is 250 Å². The maximum absolute atomic E-state index is 8.75. The summed E-state index contributed by atoms with van der Waals surface area (Å²) in [6, 6.07) is 85.2. The highest BCUT2D eigenvalue weighted by atomic mass is 16.5. The molecule has 1 aliphatic rings. The molecule has 0 fully saturated rings. The molecule has 0 spiro atoms. The fourth-order valence-electron chi connectivity index (χ4n) is 11.5. The van der Waals surface area contributed by atoms with E-state index >= 15 is 0 Å². The van der Waals surface area contributed by atoms with Crippen LogP contribution < -0.4 is 14.5 Å². The van der Waals surface area contributed by atoms with E-state index in [1.54, 1.807) is 12.3 Å². The molecule has 2 aromatic heterocycles. The number of nitrogens with zero attached hydrogens (tertiary/aromatic N) is 4. The van der Waals surface area contributed by atoms with Gasteiger partial charge in [0.05, 0.1) is 28.1 Å². The third-order valence-corrected chi connectivity index (χ3v) is 15.7. The Morgan fingerprint density at radius 2 is 0.988 bits per heavy atom. The van der Waals surface area contributed by atoms with Gasteiger partial charge in [0.1, 0.15) is 24.0 Å². The zero-order chi connectivity index (χ0) is 57.2. The van der Waals surface area contributed by atoms with Crippen molar-refractivity contribution >= 4 is 44.6 Å². The fraction of sp³-hybridized carbons (Fsp3) is 0.133. The van der Waals surface area contributed by atoms with E-state index in [0.717, 1.165) is 89.1 Å². The maximum Gasteiger partial charge on any atom is 0.137 e. The molecule has 0 aliphatic carbocycles. The van der Waals surface area contributed by atoms with E-state index in [4.69, 9.17) is 13.8 Å². The number of aromatic nitrogens is 2. The first-order valence-corrected chi connectivity index (χ1v) is 27.6. The van der Waals surface area contributed by atoms with Gasteiger partial charge in [0.15, 0.2) is 0 Å². The third kappa shape index (κ3) is 9.39. The van der Waals surface area contributed by atoms with Crippen molar-refractivity contribution in [2.75, 3.05) is 16.5 Å². The van der Waals surface area contributed by atoms with Crippen LogP contribution in [0.15, 0.2) is 249 Å². The van der Waals surface area contributed by atoms with E-state index in [1.807, 2.05) is 42.5 Å². The van der Waals surface area contributed by atoms with Crippen molar-refractivity contribution in [2.24, 2.45) is 0 Å². The first-order chi connectivity index (χ1) is 40.0. The summed E-state index contributed by atoms with van der Waals surface area (Å²) in [5.74, 6) is 1.84. The number of benzene rings is 10. The Hall–Kier alpha value is -9.45. The SMILES string of the molecule is [2H]C([2H])([2H])c1cc(-n2c3ccc(-c4ccccc4)cc3c3ccc(Oc4cc(N5CN(c6c(-c7ccc(C(C)(C)C)cc7)cccc6-c6cccc(-c7ccccc7)c6)c6ccccc65)cc(C(C)(C)C)c4)cc32)ncc1-c1ccccc1. The molecule has 80 heavy (non-hydrogen) atoms. The van der Waals surface area contributed by atoms with Crippen LogP contribution in [0, 0.1) is 6.85 Å². The van der Waals surface area contributed by atoms with Gasteiger partial charge in [-0.15, -0.1) is 0 Å². The molecule has 0 bridgehead atoms. The topological polar surface area (TPSA) is 33.5 Å². The van der Waals surface area contributed by atoms with E-state index < -0.39 is 6.85 Å². The van der Waals surface area contributed by atoms with Crippen LogP contribution in [0.1, 0.15) is 62.3 Å². The van der Waals surface area contributed by atoms with Gasteiger partial charge in [0.2, 0.25) is 0 Å². The van der Waals surface area contributed by atoms with Gasteiger partial charge in [0, 0.05) is 55.6 Å². The number of pyridine rings is 1. The second kappa shape index (κ2) is 20.1. The van der Waals surface area contributed by atoms with Crippen molar-refractivity contribution < 1.29 is 8.85 Å². The van der Waals surface area contributed by atoms with Crippen molar-refractivity contribution in [1.82, 2.24) is 9.55 Å². The monoisotopic (exact) mass is 1040 g/mol. The van der Waals surface area contributed by atoms with Crippen molar-refractivity contribution in [3.63, 3.8) is 0 Å². The lowest BCUT2D eigenvalue weighted by Gasteiger charge is -2.28. The van der Waals surface area contributed by atoms with Crippen LogP contribution in [-0.2, 0) is 10.8 Å². The molecule has 10 aromatic carbocycles. The normalized spacial score (nSPS) is 13.3. The lowest BCUT2D eigenvalue weighted by molar-refractivity contribution is 0.479.